The summed E-state index contributed by atoms with van der Waals surface area (Å²) in [4.78, 5) is 16.5. The quantitative estimate of drug-likeness (QED) is 0.883. The standard InChI is InChI=1S/C14H18N2O2S/c1-3-14(4-2,8-17)16-13(18)10-5-6-11-12(7-10)19-9-15-11/h5-7,9,17H,3-4,8H2,1-2H3,(H,16,18). The lowest BCUT2D eigenvalue weighted by molar-refractivity contribution is 0.0818. The van der Waals surface area contributed by atoms with Gasteiger partial charge in [-0.3, -0.25) is 4.79 Å². The first kappa shape index (κ1) is 14.0. The molecule has 4 nitrogen and oxygen atoms in total. The maximum atomic E-state index is 12.3. The molecular weight excluding hydrogens is 260 g/mol. The Bertz CT molecular complexity index is 567. The van der Waals surface area contributed by atoms with E-state index in [1.807, 2.05) is 26.0 Å². The average molecular weight is 278 g/mol. The SMILES string of the molecule is CCC(CC)(CO)NC(=O)c1ccc2ncsc2c1. The summed E-state index contributed by atoms with van der Waals surface area (Å²) in [5.41, 5.74) is 2.75. The zero-order chi connectivity index (χ0) is 13.9. The fraction of sp³-hybridized carbons (Fsp3) is 0.429. The molecule has 0 atom stereocenters. The molecular formula is C14H18N2O2S. The summed E-state index contributed by atoms with van der Waals surface area (Å²) >= 11 is 1.51. The summed E-state index contributed by atoms with van der Waals surface area (Å²) in [5, 5.41) is 12.4. The number of nitrogens with one attached hydrogen (secondary N) is 1. The number of fused-ring (bicyclic) bond motifs is 1. The van der Waals surface area contributed by atoms with Crippen molar-refractivity contribution in [1.82, 2.24) is 10.3 Å². The minimum absolute atomic E-state index is 0.0471. The normalized spacial score (nSPS) is 11.7. The molecule has 0 bridgehead atoms. The summed E-state index contributed by atoms with van der Waals surface area (Å²) < 4.78 is 0.996. The molecule has 0 aliphatic heterocycles. The number of aromatic nitrogens is 1. The third kappa shape index (κ3) is 2.77. The van der Waals surface area contributed by atoms with Gasteiger partial charge in [0, 0.05) is 5.56 Å². The zero-order valence-electron chi connectivity index (χ0n) is 11.1. The summed E-state index contributed by atoms with van der Waals surface area (Å²) in [6, 6.07) is 5.46. The number of rotatable bonds is 5. The van der Waals surface area contributed by atoms with Crippen LogP contribution in [0.5, 0.6) is 0 Å². The summed E-state index contributed by atoms with van der Waals surface area (Å²) in [6.07, 6.45) is 1.41. The summed E-state index contributed by atoms with van der Waals surface area (Å²) in [7, 11) is 0. The van der Waals surface area contributed by atoms with Gasteiger partial charge in [0.05, 0.1) is 27.9 Å². The highest BCUT2D eigenvalue weighted by Gasteiger charge is 2.27. The van der Waals surface area contributed by atoms with Gasteiger partial charge in [0.25, 0.3) is 5.91 Å². The molecule has 5 heteroatoms. The van der Waals surface area contributed by atoms with E-state index < -0.39 is 5.54 Å². The second-order valence-electron chi connectivity index (χ2n) is 4.63. The van der Waals surface area contributed by atoms with E-state index >= 15 is 0 Å². The van der Waals surface area contributed by atoms with Crippen LogP contribution in [0.4, 0.5) is 0 Å². The summed E-state index contributed by atoms with van der Waals surface area (Å²) in [6.45, 7) is 3.88. The van der Waals surface area contributed by atoms with Crippen LogP contribution in [0.2, 0.25) is 0 Å². The molecule has 1 amide bonds. The highest BCUT2D eigenvalue weighted by atomic mass is 32.1. The van der Waals surface area contributed by atoms with Gasteiger partial charge in [-0.1, -0.05) is 13.8 Å². The van der Waals surface area contributed by atoms with Crippen LogP contribution in [-0.2, 0) is 0 Å². The van der Waals surface area contributed by atoms with Crippen molar-refractivity contribution in [3.05, 3.63) is 29.3 Å². The van der Waals surface area contributed by atoms with E-state index in [4.69, 9.17) is 0 Å². The maximum Gasteiger partial charge on any atom is 0.251 e. The van der Waals surface area contributed by atoms with Crippen molar-refractivity contribution >= 4 is 27.5 Å². The average Bonchev–Trinajstić information content (AvgIpc) is 2.92. The van der Waals surface area contributed by atoms with Crippen molar-refractivity contribution in [2.45, 2.75) is 32.2 Å². The van der Waals surface area contributed by atoms with E-state index in [9.17, 15) is 9.90 Å². The second-order valence-corrected chi connectivity index (χ2v) is 5.52. The third-order valence-corrected chi connectivity index (χ3v) is 4.42. The number of hydrogen-bond acceptors (Lipinski definition) is 4. The fourth-order valence-electron chi connectivity index (χ4n) is 2.00. The van der Waals surface area contributed by atoms with Crippen molar-refractivity contribution in [3.8, 4) is 0 Å². The molecule has 102 valence electrons. The summed E-state index contributed by atoms with van der Waals surface area (Å²) in [5.74, 6) is -0.145. The van der Waals surface area contributed by atoms with Gasteiger partial charge in [0.1, 0.15) is 0 Å². The molecule has 2 rings (SSSR count). The van der Waals surface area contributed by atoms with Crippen molar-refractivity contribution in [2.75, 3.05) is 6.61 Å². The molecule has 0 aliphatic rings. The first-order valence-corrected chi connectivity index (χ1v) is 7.28. The van der Waals surface area contributed by atoms with Crippen LogP contribution >= 0.6 is 11.3 Å². The Labute approximate surface area is 116 Å². The molecule has 0 unspecified atom stereocenters. The van der Waals surface area contributed by atoms with E-state index in [0.717, 1.165) is 10.2 Å². The predicted octanol–water partition coefficient (Wildman–Crippen LogP) is 2.58. The molecule has 19 heavy (non-hydrogen) atoms. The number of carbonyl (C=O) groups is 1. The van der Waals surface area contributed by atoms with Gasteiger partial charge >= 0.3 is 0 Å². The molecule has 0 radical (unpaired) electrons. The molecule has 2 N–H and O–H groups in total. The molecule has 0 saturated carbocycles. The maximum absolute atomic E-state index is 12.3. The van der Waals surface area contributed by atoms with Crippen molar-refractivity contribution in [2.24, 2.45) is 0 Å². The number of hydrogen-bond donors (Lipinski definition) is 2. The monoisotopic (exact) mass is 278 g/mol. The minimum Gasteiger partial charge on any atom is -0.394 e. The first-order valence-electron chi connectivity index (χ1n) is 6.40. The highest BCUT2D eigenvalue weighted by Crippen LogP contribution is 2.20. The van der Waals surface area contributed by atoms with Crippen LogP contribution in [0, 0.1) is 0 Å². The minimum atomic E-state index is -0.528. The van der Waals surface area contributed by atoms with Gasteiger partial charge in [0.15, 0.2) is 0 Å². The highest BCUT2D eigenvalue weighted by molar-refractivity contribution is 7.16. The molecule has 1 aromatic heterocycles. The Morgan fingerprint density at radius 3 is 2.79 bits per heavy atom. The topological polar surface area (TPSA) is 62.2 Å². The number of aliphatic hydroxyl groups excluding tert-OH is 1. The van der Waals surface area contributed by atoms with Crippen LogP contribution in [0.25, 0.3) is 10.2 Å². The zero-order valence-corrected chi connectivity index (χ0v) is 12.0. The first-order chi connectivity index (χ1) is 9.14. The molecule has 0 spiro atoms. The van der Waals surface area contributed by atoms with Crippen LogP contribution < -0.4 is 5.32 Å². The van der Waals surface area contributed by atoms with Gasteiger partial charge in [-0.2, -0.15) is 0 Å². The van der Waals surface area contributed by atoms with Gasteiger partial charge < -0.3 is 10.4 Å². The van der Waals surface area contributed by atoms with Crippen molar-refractivity contribution in [1.29, 1.82) is 0 Å². The Morgan fingerprint density at radius 2 is 2.16 bits per heavy atom. The lowest BCUT2D eigenvalue weighted by Gasteiger charge is -2.30. The molecule has 0 aliphatic carbocycles. The Balaban J connectivity index is 2.23. The largest absolute Gasteiger partial charge is 0.394 e. The molecule has 2 aromatic rings. The number of nitrogens with zero attached hydrogens (tertiary/aromatic N) is 1. The van der Waals surface area contributed by atoms with Gasteiger partial charge in [0.2, 0.25) is 0 Å². The van der Waals surface area contributed by atoms with E-state index in [-0.39, 0.29) is 12.5 Å². The second kappa shape index (κ2) is 5.67. The van der Waals surface area contributed by atoms with Crippen LogP contribution in [-0.4, -0.2) is 28.1 Å². The number of carbonyl (C=O) groups excluding carboxylic acids is 1. The van der Waals surface area contributed by atoms with Gasteiger partial charge in [-0.15, -0.1) is 11.3 Å². The van der Waals surface area contributed by atoms with Crippen molar-refractivity contribution in [3.63, 3.8) is 0 Å². The van der Waals surface area contributed by atoms with E-state index in [2.05, 4.69) is 10.3 Å². The Hall–Kier alpha value is -1.46. The lowest BCUT2D eigenvalue weighted by Crippen LogP contribution is -2.50. The smallest absolute Gasteiger partial charge is 0.251 e. The van der Waals surface area contributed by atoms with E-state index in [1.165, 1.54) is 11.3 Å². The third-order valence-electron chi connectivity index (χ3n) is 3.63. The molecule has 1 heterocycles. The Kier molecular flexibility index (Phi) is 4.17. The van der Waals surface area contributed by atoms with Crippen molar-refractivity contribution < 1.29 is 9.90 Å². The van der Waals surface area contributed by atoms with Crippen LogP contribution in [0.1, 0.15) is 37.0 Å². The fourth-order valence-corrected chi connectivity index (χ4v) is 2.72. The van der Waals surface area contributed by atoms with E-state index in [0.29, 0.717) is 18.4 Å². The van der Waals surface area contributed by atoms with Gasteiger partial charge in [-0.05, 0) is 31.0 Å². The predicted molar refractivity (Wildman–Crippen MR) is 77.5 cm³/mol. The number of thiazole rings is 1. The molecule has 0 fully saturated rings. The Morgan fingerprint density at radius 1 is 1.42 bits per heavy atom. The van der Waals surface area contributed by atoms with Crippen LogP contribution in [0.3, 0.4) is 0 Å². The molecule has 0 saturated heterocycles. The van der Waals surface area contributed by atoms with Gasteiger partial charge in [-0.25, -0.2) is 4.98 Å². The lowest BCUT2D eigenvalue weighted by atomic mass is 9.93. The number of amides is 1. The van der Waals surface area contributed by atoms with E-state index in [1.54, 1.807) is 11.6 Å². The number of benzene rings is 1. The van der Waals surface area contributed by atoms with Crippen LogP contribution in [0.15, 0.2) is 23.7 Å². The molecule has 1 aromatic carbocycles. The number of aliphatic hydroxyl groups is 1.